The Morgan fingerprint density at radius 3 is 2.26 bits per heavy atom. The lowest BCUT2D eigenvalue weighted by Gasteiger charge is -2.27. The first-order valence-corrected chi connectivity index (χ1v) is 9.32. The smallest absolute Gasteiger partial charge is 0.202 e. The Morgan fingerprint density at radius 1 is 1.21 bits per heavy atom. The van der Waals surface area contributed by atoms with Gasteiger partial charge in [0.15, 0.2) is 0 Å². The van der Waals surface area contributed by atoms with Gasteiger partial charge in [0.2, 0.25) is 7.37 Å². The molecule has 5 atom stereocenters. The molecule has 19 heavy (non-hydrogen) atoms. The van der Waals surface area contributed by atoms with Gasteiger partial charge in [-0.1, -0.05) is 20.8 Å². The Morgan fingerprint density at radius 2 is 1.79 bits per heavy atom. The summed E-state index contributed by atoms with van der Waals surface area (Å²) in [6.07, 6.45) is -0.00155. The van der Waals surface area contributed by atoms with E-state index in [1.165, 1.54) is 0 Å². The fraction of sp³-hybridized carbons (Fsp3) is 1.00. The maximum atomic E-state index is 12.5. The van der Waals surface area contributed by atoms with Crippen molar-refractivity contribution in [3.63, 3.8) is 0 Å². The zero-order valence-corrected chi connectivity index (χ0v) is 14.1. The van der Waals surface area contributed by atoms with E-state index in [1.54, 1.807) is 6.66 Å². The van der Waals surface area contributed by atoms with Gasteiger partial charge in [-0.2, -0.15) is 0 Å². The van der Waals surface area contributed by atoms with E-state index in [1.807, 2.05) is 34.6 Å². The zero-order valence-electron chi connectivity index (χ0n) is 13.3. The summed E-state index contributed by atoms with van der Waals surface area (Å²) in [6.45, 7) is 14.2. The SMILES string of the molecule is CC(C)OC[C@H]1O[C@@H](C)[C@@H](C)C1OP(C)(=O)C(C)C. The van der Waals surface area contributed by atoms with Crippen molar-refractivity contribution in [1.29, 1.82) is 0 Å². The van der Waals surface area contributed by atoms with E-state index in [2.05, 4.69) is 6.92 Å². The van der Waals surface area contributed by atoms with Crippen LogP contribution in [-0.2, 0) is 18.6 Å². The van der Waals surface area contributed by atoms with E-state index >= 15 is 0 Å². The lowest BCUT2D eigenvalue weighted by Crippen LogP contribution is -2.33. The van der Waals surface area contributed by atoms with Gasteiger partial charge in [-0.3, -0.25) is 4.57 Å². The molecule has 0 spiro atoms. The summed E-state index contributed by atoms with van der Waals surface area (Å²) in [6, 6.07) is 0. The fourth-order valence-electron chi connectivity index (χ4n) is 2.03. The lowest BCUT2D eigenvalue weighted by molar-refractivity contribution is -0.0503. The molecule has 1 heterocycles. The molecule has 0 saturated carbocycles. The highest BCUT2D eigenvalue weighted by Crippen LogP contribution is 2.51. The van der Waals surface area contributed by atoms with Crippen molar-refractivity contribution in [2.45, 2.75) is 71.6 Å². The molecule has 0 aromatic rings. The van der Waals surface area contributed by atoms with Crippen molar-refractivity contribution < 1.29 is 18.6 Å². The molecule has 2 unspecified atom stereocenters. The van der Waals surface area contributed by atoms with Crippen LogP contribution in [0.25, 0.3) is 0 Å². The van der Waals surface area contributed by atoms with Crippen LogP contribution in [0.1, 0.15) is 41.5 Å². The van der Waals surface area contributed by atoms with Gasteiger partial charge >= 0.3 is 0 Å². The number of hydrogen-bond donors (Lipinski definition) is 0. The predicted molar refractivity (Wildman–Crippen MR) is 78.1 cm³/mol. The predicted octanol–water partition coefficient (Wildman–Crippen LogP) is 3.54. The van der Waals surface area contributed by atoms with Crippen LogP contribution < -0.4 is 0 Å². The zero-order chi connectivity index (χ0) is 14.8. The van der Waals surface area contributed by atoms with Gasteiger partial charge in [-0.15, -0.1) is 0 Å². The van der Waals surface area contributed by atoms with Gasteiger partial charge in [0.05, 0.1) is 24.9 Å². The molecule has 0 bridgehead atoms. The molecule has 4 nitrogen and oxygen atoms in total. The highest BCUT2D eigenvalue weighted by molar-refractivity contribution is 7.58. The molecule has 0 amide bonds. The molecule has 0 aliphatic carbocycles. The van der Waals surface area contributed by atoms with Crippen LogP contribution in [-0.4, -0.2) is 43.3 Å². The van der Waals surface area contributed by atoms with Crippen molar-refractivity contribution in [3.8, 4) is 0 Å². The quantitative estimate of drug-likeness (QED) is 0.702. The molecule has 1 rings (SSSR count). The summed E-state index contributed by atoms with van der Waals surface area (Å²) < 4.78 is 29.9. The first kappa shape index (κ1) is 17.2. The van der Waals surface area contributed by atoms with Crippen molar-refractivity contribution >= 4 is 7.37 Å². The molecule has 1 saturated heterocycles. The van der Waals surface area contributed by atoms with E-state index in [0.717, 1.165) is 0 Å². The van der Waals surface area contributed by atoms with Crippen LogP contribution in [0.3, 0.4) is 0 Å². The minimum Gasteiger partial charge on any atom is -0.376 e. The second-order valence-corrected chi connectivity index (χ2v) is 9.25. The van der Waals surface area contributed by atoms with Crippen molar-refractivity contribution in [1.82, 2.24) is 0 Å². The average molecular weight is 292 g/mol. The minimum atomic E-state index is -2.60. The van der Waals surface area contributed by atoms with Crippen LogP contribution in [0.5, 0.6) is 0 Å². The second kappa shape index (κ2) is 6.71. The second-order valence-electron chi connectivity index (χ2n) is 6.19. The average Bonchev–Trinajstić information content (AvgIpc) is 2.53. The third-order valence-electron chi connectivity index (χ3n) is 3.88. The number of ether oxygens (including phenoxy) is 2. The maximum absolute atomic E-state index is 12.5. The number of rotatable bonds is 6. The van der Waals surface area contributed by atoms with Crippen molar-refractivity contribution in [2.24, 2.45) is 5.92 Å². The van der Waals surface area contributed by atoms with Gasteiger partial charge in [0.25, 0.3) is 0 Å². The Labute approximate surface area is 117 Å². The maximum Gasteiger partial charge on any atom is 0.202 e. The van der Waals surface area contributed by atoms with E-state index in [9.17, 15) is 4.57 Å². The van der Waals surface area contributed by atoms with Gasteiger partial charge in [-0.05, 0) is 20.8 Å². The van der Waals surface area contributed by atoms with Gasteiger partial charge in [-0.25, -0.2) is 0 Å². The highest BCUT2D eigenvalue weighted by atomic mass is 31.2. The molecule has 0 aromatic carbocycles. The minimum absolute atomic E-state index is 0.0299. The van der Waals surface area contributed by atoms with Crippen LogP contribution in [0, 0.1) is 5.92 Å². The summed E-state index contributed by atoms with van der Waals surface area (Å²) in [5.41, 5.74) is 0.0299. The summed E-state index contributed by atoms with van der Waals surface area (Å²) in [5.74, 6) is 0.229. The summed E-state index contributed by atoms with van der Waals surface area (Å²) in [5, 5.41) is 0. The molecule has 0 N–H and O–H groups in total. The first-order valence-electron chi connectivity index (χ1n) is 7.17. The first-order chi connectivity index (χ1) is 8.65. The Hall–Kier alpha value is 0.110. The van der Waals surface area contributed by atoms with Crippen molar-refractivity contribution in [2.75, 3.05) is 13.3 Å². The van der Waals surface area contributed by atoms with E-state index < -0.39 is 7.37 Å². The van der Waals surface area contributed by atoms with Gasteiger partial charge in [0, 0.05) is 18.2 Å². The highest BCUT2D eigenvalue weighted by Gasteiger charge is 2.43. The Kier molecular flexibility index (Phi) is 6.06. The summed E-state index contributed by atoms with van der Waals surface area (Å²) >= 11 is 0. The summed E-state index contributed by atoms with van der Waals surface area (Å²) in [4.78, 5) is 0. The van der Waals surface area contributed by atoms with E-state index in [4.69, 9.17) is 14.0 Å². The van der Waals surface area contributed by atoms with Crippen LogP contribution in [0.2, 0.25) is 0 Å². The molecule has 5 heteroatoms. The Bertz CT molecular complexity index is 329. The molecule has 0 aromatic heterocycles. The van der Waals surface area contributed by atoms with Gasteiger partial charge < -0.3 is 14.0 Å². The Balaban J connectivity index is 2.72. The number of hydrogen-bond acceptors (Lipinski definition) is 4. The fourth-order valence-corrected chi connectivity index (χ4v) is 3.09. The van der Waals surface area contributed by atoms with Gasteiger partial charge in [0.1, 0.15) is 6.10 Å². The largest absolute Gasteiger partial charge is 0.376 e. The standard InChI is InChI=1S/C14H29O4P/c1-9(2)16-8-13-14(11(5)12(6)17-13)18-19(7,15)10(3)4/h9-14H,8H2,1-7H3/t11-,12+,13-,14?,19?/m1/s1. The third-order valence-corrected chi connectivity index (χ3v) is 6.42. The van der Waals surface area contributed by atoms with E-state index in [-0.39, 0.29) is 36.0 Å². The molecule has 114 valence electrons. The molecular formula is C14H29O4P. The third kappa shape index (κ3) is 4.56. The molecular weight excluding hydrogens is 263 g/mol. The monoisotopic (exact) mass is 292 g/mol. The van der Waals surface area contributed by atoms with Crippen LogP contribution >= 0.6 is 7.37 Å². The normalized spacial score (nSPS) is 35.0. The summed E-state index contributed by atoms with van der Waals surface area (Å²) in [7, 11) is -2.60. The topological polar surface area (TPSA) is 44.8 Å². The van der Waals surface area contributed by atoms with Crippen LogP contribution in [0.4, 0.5) is 0 Å². The van der Waals surface area contributed by atoms with Crippen molar-refractivity contribution in [3.05, 3.63) is 0 Å². The van der Waals surface area contributed by atoms with Crippen LogP contribution in [0.15, 0.2) is 0 Å². The molecule has 1 aliphatic heterocycles. The molecule has 1 fully saturated rings. The molecule has 1 aliphatic rings. The lowest BCUT2D eigenvalue weighted by atomic mass is 10.00. The van der Waals surface area contributed by atoms with E-state index in [0.29, 0.717) is 6.61 Å². The molecule has 0 radical (unpaired) electrons.